The summed E-state index contributed by atoms with van der Waals surface area (Å²) < 4.78 is 38.9. The molecule has 4 unspecified atom stereocenters. The molecule has 2 aliphatic rings. The Morgan fingerprint density at radius 1 is 1.20 bits per heavy atom. The summed E-state index contributed by atoms with van der Waals surface area (Å²) in [4.78, 5) is 2.12. The highest BCUT2D eigenvalue weighted by atomic mass is 19.4. The Balaban J connectivity index is 2.03. The average molecular weight is 292 g/mol. The van der Waals surface area contributed by atoms with Crippen LogP contribution in [0.4, 0.5) is 13.2 Å². The third-order valence-corrected chi connectivity index (χ3v) is 5.26. The molecule has 1 N–H and O–H groups in total. The standard InChI is InChI=1S/C15H27F3N2/c1-3-11-6-7-13(19-2)14(9-11)20-8-4-5-12(10-20)15(16,17)18/h11-14,19H,3-10H2,1-2H3. The molecule has 0 aromatic rings. The molecule has 0 aromatic heterocycles. The summed E-state index contributed by atoms with van der Waals surface area (Å²) in [7, 11) is 1.94. The molecular weight excluding hydrogens is 265 g/mol. The van der Waals surface area contributed by atoms with E-state index in [1.54, 1.807) is 0 Å². The van der Waals surface area contributed by atoms with Crippen LogP contribution < -0.4 is 5.32 Å². The lowest BCUT2D eigenvalue weighted by Gasteiger charge is -2.46. The molecule has 118 valence electrons. The first-order valence-corrected chi connectivity index (χ1v) is 7.93. The van der Waals surface area contributed by atoms with Gasteiger partial charge in [0.15, 0.2) is 0 Å². The number of likely N-dealkylation sites (tertiary alicyclic amines) is 1. The monoisotopic (exact) mass is 292 g/mol. The molecule has 4 atom stereocenters. The number of hydrogen-bond acceptors (Lipinski definition) is 2. The van der Waals surface area contributed by atoms with Crippen molar-refractivity contribution in [1.29, 1.82) is 0 Å². The van der Waals surface area contributed by atoms with Crippen molar-refractivity contribution in [3.63, 3.8) is 0 Å². The lowest BCUT2D eigenvalue weighted by Crippen LogP contribution is -2.56. The largest absolute Gasteiger partial charge is 0.393 e. The molecule has 1 saturated carbocycles. The fraction of sp³-hybridized carbons (Fsp3) is 1.00. The second-order valence-corrected chi connectivity index (χ2v) is 6.43. The highest BCUT2D eigenvalue weighted by molar-refractivity contribution is 4.93. The molecule has 0 aromatic carbocycles. The predicted octanol–water partition coefficient (Wildman–Crippen LogP) is 3.43. The molecule has 5 heteroatoms. The Morgan fingerprint density at radius 2 is 1.95 bits per heavy atom. The maximum Gasteiger partial charge on any atom is 0.393 e. The van der Waals surface area contributed by atoms with Crippen LogP contribution in [0.5, 0.6) is 0 Å². The molecule has 0 spiro atoms. The Bertz CT molecular complexity index is 306. The zero-order chi connectivity index (χ0) is 14.8. The zero-order valence-electron chi connectivity index (χ0n) is 12.5. The first-order valence-electron chi connectivity index (χ1n) is 7.93. The minimum atomic E-state index is -4.04. The maximum atomic E-state index is 13.0. The van der Waals surface area contributed by atoms with Gasteiger partial charge in [-0.25, -0.2) is 0 Å². The van der Waals surface area contributed by atoms with E-state index < -0.39 is 12.1 Å². The maximum absolute atomic E-state index is 13.0. The van der Waals surface area contributed by atoms with E-state index in [1.807, 2.05) is 7.05 Å². The molecule has 1 aliphatic carbocycles. The number of alkyl halides is 3. The zero-order valence-corrected chi connectivity index (χ0v) is 12.5. The lowest BCUT2D eigenvalue weighted by molar-refractivity contribution is -0.189. The van der Waals surface area contributed by atoms with E-state index in [-0.39, 0.29) is 12.6 Å². The van der Waals surface area contributed by atoms with E-state index in [9.17, 15) is 13.2 Å². The summed E-state index contributed by atoms with van der Waals surface area (Å²) in [5.41, 5.74) is 0. The average Bonchev–Trinajstić information content (AvgIpc) is 2.45. The van der Waals surface area contributed by atoms with Gasteiger partial charge < -0.3 is 5.32 Å². The van der Waals surface area contributed by atoms with Gasteiger partial charge in [-0.3, -0.25) is 4.90 Å². The number of hydrogen-bond donors (Lipinski definition) is 1. The highest BCUT2D eigenvalue weighted by Gasteiger charge is 2.44. The van der Waals surface area contributed by atoms with Crippen molar-refractivity contribution >= 4 is 0 Å². The van der Waals surface area contributed by atoms with Crippen molar-refractivity contribution in [2.75, 3.05) is 20.1 Å². The Kier molecular flexibility index (Phi) is 5.35. The van der Waals surface area contributed by atoms with Gasteiger partial charge in [-0.05, 0) is 51.6 Å². The fourth-order valence-electron chi connectivity index (χ4n) is 3.92. The number of nitrogens with one attached hydrogen (secondary N) is 1. The minimum Gasteiger partial charge on any atom is -0.315 e. The summed E-state index contributed by atoms with van der Waals surface area (Å²) in [6, 6.07) is 0.633. The van der Waals surface area contributed by atoms with E-state index in [2.05, 4.69) is 17.1 Å². The van der Waals surface area contributed by atoms with Crippen LogP contribution in [0.25, 0.3) is 0 Å². The molecule has 1 heterocycles. The van der Waals surface area contributed by atoms with Gasteiger partial charge in [-0.2, -0.15) is 13.2 Å². The van der Waals surface area contributed by atoms with Gasteiger partial charge in [0.05, 0.1) is 5.92 Å². The van der Waals surface area contributed by atoms with E-state index in [0.717, 1.165) is 25.8 Å². The topological polar surface area (TPSA) is 15.3 Å². The van der Waals surface area contributed by atoms with Crippen LogP contribution in [0, 0.1) is 11.8 Å². The third-order valence-electron chi connectivity index (χ3n) is 5.26. The molecule has 0 radical (unpaired) electrons. The van der Waals surface area contributed by atoms with Gasteiger partial charge >= 0.3 is 6.18 Å². The molecule has 0 amide bonds. The van der Waals surface area contributed by atoms with Crippen molar-refractivity contribution in [3.8, 4) is 0 Å². The van der Waals surface area contributed by atoms with Gasteiger partial charge in [0, 0.05) is 18.6 Å². The first-order chi connectivity index (χ1) is 9.45. The molecule has 2 nitrogen and oxygen atoms in total. The smallest absolute Gasteiger partial charge is 0.315 e. The van der Waals surface area contributed by atoms with Gasteiger partial charge in [0.25, 0.3) is 0 Å². The van der Waals surface area contributed by atoms with E-state index in [4.69, 9.17) is 0 Å². The van der Waals surface area contributed by atoms with Crippen LogP contribution in [-0.4, -0.2) is 43.3 Å². The molecule has 2 fully saturated rings. The second-order valence-electron chi connectivity index (χ2n) is 6.43. The van der Waals surface area contributed by atoms with Gasteiger partial charge in [0.2, 0.25) is 0 Å². The predicted molar refractivity (Wildman–Crippen MR) is 74.6 cm³/mol. The van der Waals surface area contributed by atoms with Crippen molar-refractivity contribution in [1.82, 2.24) is 10.2 Å². The van der Waals surface area contributed by atoms with E-state index in [1.165, 1.54) is 6.42 Å². The quantitative estimate of drug-likeness (QED) is 0.857. The van der Waals surface area contributed by atoms with Crippen molar-refractivity contribution in [2.24, 2.45) is 11.8 Å². The molecule has 0 bridgehead atoms. The molecule has 1 aliphatic heterocycles. The summed E-state index contributed by atoms with van der Waals surface area (Å²) in [6.45, 7) is 3.21. The lowest BCUT2D eigenvalue weighted by atomic mass is 9.79. The van der Waals surface area contributed by atoms with Crippen LogP contribution in [0.1, 0.15) is 45.4 Å². The number of halogens is 3. The van der Waals surface area contributed by atoms with Crippen LogP contribution in [0.15, 0.2) is 0 Å². The third kappa shape index (κ3) is 3.67. The Morgan fingerprint density at radius 3 is 2.55 bits per heavy atom. The van der Waals surface area contributed by atoms with Crippen LogP contribution >= 0.6 is 0 Å². The number of likely N-dealkylation sites (N-methyl/N-ethyl adjacent to an activating group) is 1. The Hall–Kier alpha value is -0.290. The Labute approximate surface area is 120 Å². The van der Waals surface area contributed by atoms with Crippen LogP contribution in [0.2, 0.25) is 0 Å². The highest BCUT2D eigenvalue weighted by Crippen LogP contribution is 2.37. The molecule has 1 saturated heterocycles. The molecule has 20 heavy (non-hydrogen) atoms. The van der Waals surface area contributed by atoms with Crippen molar-refractivity contribution in [3.05, 3.63) is 0 Å². The fourth-order valence-corrected chi connectivity index (χ4v) is 3.92. The molecule has 2 rings (SSSR count). The van der Waals surface area contributed by atoms with Gasteiger partial charge in [-0.15, -0.1) is 0 Å². The number of nitrogens with zero attached hydrogens (tertiary/aromatic N) is 1. The van der Waals surface area contributed by atoms with Crippen molar-refractivity contribution < 1.29 is 13.2 Å². The summed E-state index contributed by atoms with van der Waals surface area (Å²) in [5.74, 6) is -0.452. The van der Waals surface area contributed by atoms with E-state index in [0.29, 0.717) is 24.8 Å². The molecular formula is C15H27F3N2. The first kappa shape index (κ1) is 16.1. The van der Waals surface area contributed by atoms with Gasteiger partial charge in [0.1, 0.15) is 0 Å². The summed E-state index contributed by atoms with van der Waals surface area (Å²) in [5, 5.41) is 3.33. The van der Waals surface area contributed by atoms with Crippen LogP contribution in [0.3, 0.4) is 0 Å². The van der Waals surface area contributed by atoms with E-state index >= 15 is 0 Å². The second kappa shape index (κ2) is 6.65. The normalized spacial score (nSPS) is 37.0. The minimum absolute atomic E-state index is 0.197. The number of piperidine rings is 1. The van der Waals surface area contributed by atoms with Crippen molar-refractivity contribution in [2.45, 2.75) is 63.7 Å². The summed E-state index contributed by atoms with van der Waals surface area (Å²) in [6.07, 6.45) is 1.42. The summed E-state index contributed by atoms with van der Waals surface area (Å²) >= 11 is 0. The SMILES string of the molecule is CCC1CCC(NC)C(N2CCCC(C(F)(F)F)C2)C1. The van der Waals surface area contributed by atoms with Gasteiger partial charge in [-0.1, -0.05) is 13.3 Å². The number of rotatable bonds is 3. The van der Waals surface area contributed by atoms with Crippen LogP contribution in [-0.2, 0) is 0 Å².